The highest BCUT2D eigenvalue weighted by Crippen LogP contribution is 2.20. The fraction of sp³-hybridized carbons (Fsp3) is 0. The summed E-state index contributed by atoms with van der Waals surface area (Å²) in [5, 5.41) is 0. The maximum absolute atomic E-state index is 7.32. The summed E-state index contributed by atoms with van der Waals surface area (Å²) in [5.74, 6) is 0.271. The molecule has 0 bridgehead atoms. The second-order valence-corrected chi connectivity index (χ2v) is 2.87. The molecule has 0 aliphatic heterocycles. The van der Waals surface area contributed by atoms with Crippen LogP contribution in [0, 0.1) is 0 Å². The van der Waals surface area contributed by atoms with E-state index in [-0.39, 0.29) is 5.95 Å². The van der Waals surface area contributed by atoms with Crippen LogP contribution in [0.2, 0.25) is 0 Å². The van der Waals surface area contributed by atoms with Crippen LogP contribution in [-0.4, -0.2) is 9.97 Å². The molecule has 1 aromatic heterocycles. The Balaban J connectivity index is 2.52. The standard InChI is InChI=1S/C10H9N4/c11-9-6-8(13-10(12)14-9)7-4-2-1-3-5-7/h1-6H,(H3-,11,12,13,14)/q-1. The first-order valence-electron chi connectivity index (χ1n) is 4.17. The molecular weight excluding hydrogens is 176 g/mol. The molecule has 0 saturated heterocycles. The summed E-state index contributed by atoms with van der Waals surface area (Å²) < 4.78 is 0. The fourth-order valence-corrected chi connectivity index (χ4v) is 1.22. The minimum absolute atomic E-state index is 0.0520. The van der Waals surface area contributed by atoms with Gasteiger partial charge >= 0.3 is 0 Å². The van der Waals surface area contributed by atoms with Crippen molar-refractivity contribution in [2.75, 3.05) is 5.73 Å². The van der Waals surface area contributed by atoms with Crippen LogP contribution in [0.1, 0.15) is 0 Å². The molecule has 1 aromatic carbocycles. The van der Waals surface area contributed by atoms with E-state index < -0.39 is 0 Å². The minimum Gasteiger partial charge on any atom is -0.410 e. The Morgan fingerprint density at radius 1 is 1.07 bits per heavy atom. The summed E-state index contributed by atoms with van der Waals surface area (Å²) in [6.45, 7) is 0. The average molecular weight is 185 g/mol. The van der Waals surface area contributed by atoms with Gasteiger partial charge in [-0.15, -0.1) is 0 Å². The summed E-state index contributed by atoms with van der Waals surface area (Å²) in [5.41, 5.74) is 14.5. The zero-order chi connectivity index (χ0) is 9.97. The van der Waals surface area contributed by atoms with E-state index in [4.69, 9.17) is 11.5 Å². The topological polar surface area (TPSA) is 75.6 Å². The van der Waals surface area contributed by atoms with Crippen molar-refractivity contribution >= 4 is 11.8 Å². The van der Waals surface area contributed by atoms with Crippen LogP contribution in [0.25, 0.3) is 17.0 Å². The highest BCUT2D eigenvalue weighted by molar-refractivity contribution is 5.63. The molecular formula is C10H9N4-. The molecule has 3 N–H and O–H groups in total. The first kappa shape index (κ1) is 8.50. The van der Waals surface area contributed by atoms with Crippen molar-refractivity contribution in [1.29, 1.82) is 0 Å². The molecule has 0 aliphatic carbocycles. The molecule has 4 heteroatoms. The van der Waals surface area contributed by atoms with Crippen LogP contribution in [-0.2, 0) is 0 Å². The molecule has 1 heterocycles. The Kier molecular flexibility index (Phi) is 2.02. The van der Waals surface area contributed by atoms with Crippen LogP contribution in [0.15, 0.2) is 36.4 Å². The molecule has 4 nitrogen and oxygen atoms in total. The van der Waals surface area contributed by atoms with Gasteiger partial charge in [0, 0.05) is 11.6 Å². The highest BCUT2D eigenvalue weighted by atomic mass is 15.0. The van der Waals surface area contributed by atoms with Crippen LogP contribution in [0.5, 0.6) is 0 Å². The van der Waals surface area contributed by atoms with Gasteiger partial charge in [-0.2, -0.15) is 0 Å². The lowest BCUT2D eigenvalue weighted by Crippen LogP contribution is -1.93. The molecule has 0 spiro atoms. The van der Waals surface area contributed by atoms with E-state index in [1.807, 2.05) is 30.3 Å². The van der Waals surface area contributed by atoms with E-state index in [0.717, 1.165) is 5.56 Å². The summed E-state index contributed by atoms with van der Waals surface area (Å²) in [6.07, 6.45) is 0. The molecule has 14 heavy (non-hydrogen) atoms. The third kappa shape index (κ3) is 1.64. The minimum atomic E-state index is -0.0520. The summed E-state index contributed by atoms with van der Waals surface area (Å²) in [7, 11) is 0. The lowest BCUT2D eigenvalue weighted by atomic mass is 10.1. The Morgan fingerprint density at radius 2 is 1.79 bits per heavy atom. The maximum Gasteiger partial charge on any atom is 0.0531 e. The number of hydrogen-bond acceptors (Lipinski definition) is 3. The molecule has 2 aromatic rings. The van der Waals surface area contributed by atoms with Crippen LogP contribution in [0.3, 0.4) is 0 Å². The maximum atomic E-state index is 7.32. The summed E-state index contributed by atoms with van der Waals surface area (Å²) in [6, 6.07) is 11.2. The van der Waals surface area contributed by atoms with Crippen LogP contribution in [0.4, 0.5) is 11.8 Å². The van der Waals surface area contributed by atoms with E-state index in [0.29, 0.717) is 11.5 Å². The Morgan fingerprint density at radius 3 is 2.43 bits per heavy atom. The second-order valence-electron chi connectivity index (χ2n) is 2.87. The summed E-state index contributed by atoms with van der Waals surface area (Å²) in [4.78, 5) is 7.67. The molecule has 70 valence electrons. The van der Waals surface area contributed by atoms with E-state index in [1.165, 1.54) is 0 Å². The first-order valence-corrected chi connectivity index (χ1v) is 4.17. The smallest absolute Gasteiger partial charge is 0.0531 e. The van der Waals surface area contributed by atoms with Gasteiger partial charge in [-0.05, 0) is 11.6 Å². The predicted octanol–water partition coefficient (Wildman–Crippen LogP) is 2.41. The number of nitrogens with zero attached hydrogens (tertiary/aromatic N) is 2. The van der Waals surface area contributed by atoms with Gasteiger partial charge in [0.05, 0.1) is 5.82 Å². The van der Waals surface area contributed by atoms with Gasteiger partial charge in [-0.1, -0.05) is 30.3 Å². The van der Waals surface area contributed by atoms with E-state index in [2.05, 4.69) is 9.97 Å². The Bertz CT molecular complexity index is 419. The van der Waals surface area contributed by atoms with Crippen LogP contribution >= 0.6 is 0 Å². The lowest BCUT2D eigenvalue weighted by Gasteiger charge is -2.10. The molecule has 0 radical (unpaired) electrons. The average Bonchev–Trinajstić information content (AvgIpc) is 2.18. The van der Waals surface area contributed by atoms with Crippen molar-refractivity contribution in [2.24, 2.45) is 0 Å². The van der Waals surface area contributed by atoms with Crippen molar-refractivity contribution in [2.45, 2.75) is 0 Å². The molecule has 0 aliphatic rings. The van der Waals surface area contributed by atoms with Crippen molar-refractivity contribution in [3.8, 4) is 11.3 Å². The largest absolute Gasteiger partial charge is 0.410 e. The lowest BCUT2D eigenvalue weighted by molar-refractivity contribution is 1.22. The molecule has 0 fully saturated rings. The molecule has 0 saturated carbocycles. The van der Waals surface area contributed by atoms with Gasteiger partial charge in [-0.3, -0.25) is 0 Å². The molecule has 0 atom stereocenters. The molecule has 0 unspecified atom stereocenters. The van der Waals surface area contributed by atoms with Crippen molar-refractivity contribution in [1.82, 2.24) is 9.97 Å². The Hall–Kier alpha value is -2.10. The monoisotopic (exact) mass is 185 g/mol. The zero-order valence-corrected chi connectivity index (χ0v) is 7.44. The number of nitrogens with two attached hydrogens (primary N) is 1. The highest BCUT2D eigenvalue weighted by Gasteiger charge is 1.94. The molecule has 2 rings (SSSR count). The van der Waals surface area contributed by atoms with Gasteiger partial charge in [0.2, 0.25) is 0 Å². The normalized spacial score (nSPS) is 10.0. The van der Waals surface area contributed by atoms with E-state index in [1.54, 1.807) is 6.07 Å². The second kappa shape index (κ2) is 3.33. The van der Waals surface area contributed by atoms with Crippen molar-refractivity contribution in [3.63, 3.8) is 0 Å². The van der Waals surface area contributed by atoms with Crippen molar-refractivity contribution in [3.05, 3.63) is 42.1 Å². The van der Waals surface area contributed by atoms with Crippen molar-refractivity contribution < 1.29 is 0 Å². The number of benzene rings is 1. The third-order valence-corrected chi connectivity index (χ3v) is 1.82. The summed E-state index contributed by atoms with van der Waals surface area (Å²) >= 11 is 0. The van der Waals surface area contributed by atoms with Gasteiger partial charge in [0.15, 0.2) is 0 Å². The fourth-order valence-electron chi connectivity index (χ4n) is 1.22. The van der Waals surface area contributed by atoms with Gasteiger partial charge in [-0.25, -0.2) is 0 Å². The third-order valence-electron chi connectivity index (χ3n) is 1.82. The quantitative estimate of drug-likeness (QED) is 0.741. The predicted molar refractivity (Wildman–Crippen MR) is 55.9 cm³/mol. The molecule has 0 amide bonds. The van der Waals surface area contributed by atoms with Gasteiger partial charge in [0.25, 0.3) is 0 Å². The first-order chi connectivity index (χ1) is 6.75. The number of anilines is 1. The number of aromatic nitrogens is 2. The van der Waals surface area contributed by atoms with E-state index in [9.17, 15) is 0 Å². The number of rotatable bonds is 1. The van der Waals surface area contributed by atoms with E-state index >= 15 is 0 Å². The van der Waals surface area contributed by atoms with Gasteiger partial charge in [0.1, 0.15) is 0 Å². The SMILES string of the molecule is [NH-]c1nc(N)cc(-c2ccccc2)n1. The Labute approximate surface area is 81.6 Å². The number of nitrogen functional groups attached to an aromatic ring is 1. The number of hydrogen-bond donors (Lipinski definition) is 1. The van der Waals surface area contributed by atoms with Gasteiger partial charge < -0.3 is 21.4 Å². The van der Waals surface area contributed by atoms with Crippen LogP contribution < -0.4 is 5.73 Å². The zero-order valence-electron chi connectivity index (χ0n) is 7.44. The number of nitrogens with one attached hydrogen (secondary N) is 1.